The minimum absolute atomic E-state index is 0.171. The minimum Gasteiger partial charge on any atom is -0.372 e. The molecule has 1 aromatic heterocycles. The smallest absolute Gasteiger partial charge is 0.123 e. The van der Waals surface area contributed by atoms with Crippen LogP contribution in [0.5, 0.6) is 0 Å². The molecule has 0 radical (unpaired) electrons. The molecule has 2 heterocycles. The van der Waals surface area contributed by atoms with Crippen LogP contribution in [0.15, 0.2) is 42.6 Å². The first-order chi connectivity index (χ1) is 10.7. The number of pyridine rings is 1. The van der Waals surface area contributed by atoms with Gasteiger partial charge < -0.3 is 9.64 Å². The molecule has 3 rings (SSSR count). The summed E-state index contributed by atoms with van der Waals surface area (Å²) >= 11 is 0. The maximum atomic E-state index is 13.2. The molecule has 1 fully saturated rings. The van der Waals surface area contributed by atoms with Crippen LogP contribution in [0.3, 0.4) is 0 Å². The molecular formula is C18H21FN2O. The van der Waals surface area contributed by atoms with E-state index >= 15 is 0 Å². The van der Waals surface area contributed by atoms with E-state index in [1.165, 1.54) is 6.07 Å². The second kappa shape index (κ2) is 6.88. The predicted molar refractivity (Wildman–Crippen MR) is 85.4 cm³/mol. The number of anilines is 1. The number of ether oxygens (including phenoxy) is 1. The predicted octanol–water partition coefficient (Wildman–Crippen LogP) is 3.71. The van der Waals surface area contributed by atoms with Gasteiger partial charge in [-0.1, -0.05) is 6.07 Å². The van der Waals surface area contributed by atoms with Crippen molar-refractivity contribution >= 4 is 5.69 Å². The van der Waals surface area contributed by atoms with E-state index in [4.69, 9.17) is 4.74 Å². The first kappa shape index (κ1) is 15.0. The van der Waals surface area contributed by atoms with Gasteiger partial charge in [-0.3, -0.25) is 4.98 Å². The van der Waals surface area contributed by atoms with Crippen molar-refractivity contribution in [2.45, 2.75) is 32.5 Å². The Kier molecular flexibility index (Phi) is 4.68. The third-order valence-electron chi connectivity index (χ3n) is 4.13. The van der Waals surface area contributed by atoms with Crippen molar-refractivity contribution in [1.29, 1.82) is 0 Å². The number of hydrogen-bond donors (Lipinski definition) is 0. The number of aromatic nitrogens is 1. The van der Waals surface area contributed by atoms with Crippen molar-refractivity contribution in [3.63, 3.8) is 0 Å². The summed E-state index contributed by atoms with van der Waals surface area (Å²) in [7, 11) is 0. The molecule has 0 bridgehead atoms. The van der Waals surface area contributed by atoms with Gasteiger partial charge in [0.15, 0.2) is 0 Å². The zero-order chi connectivity index (χ0) is 15.4. The summed E-state index contributed by atoms with van der Waals surface area (Å²) in [5.74, 6) is -0.171. The van der Waals surface area contributed by atoms with E-state index in [1.54, 1.807) is 12.3 Å². The van der Waals surface area contributed by atoms with Crippen LogP contribution in [0, 0.1) is 12.7 Å². The lowest BCUT2D eigenvalue weighted by Crippen LogP contribution is -2.37. The molecule has 22 heavy (non-hydrogen) atoms. The summed E-state index contributed by atoms with van der Waals surface area (Å²) in [6.07, 6.45) is 4.05. The molecule has 1 aliphatic heterocycles. The zero-order valence-corrected chi connectivity index (χ0v) is 12.8. The Morgan fingerprint density at radius 1 is 1.23 bits per heavy atom. The molecule has 0 atom stereocenters. The molecule has 4 heteroatoms. The fraction of sp³-hybridized carbons (Fsp3) is 0.389. The van der Waals surface area contributed by atoms with Crippen LogP contribution >= 0.6 is 0 Å². The number of piperidine rings is 1. The van der Waals surface area contributed by atoms with Gasteiger partial charge in [-0.25, -0.2) is 4.39 Å². The SMILES string of the molecule is Cc1cc(F)ccc1N1CCC(OCc2ccccn2)CC1. The number of benzene rings is 1. The summed E-state index contributed by atoms with van der Waals surface area (Å²) in [6, 6.07) is 10.9. The molecule has 1 aromatic carbocycles. The van der Waals surface area contributed by atoms with Gasteiger partial charge in [0.2, 0.25) is 0 Å². The van der Waals surface area contributed by atoms with Crippen molar-refractivity contribution in [1.82, 2.24) is 4.98 Å². The monoisotopic (exact) mass is 300 g/mol. The largest absolute Gasteiger partial charge is 0.372 e. The van der Waals surface area contributed by atoms with Crippen molar-refractivity contribution in [2.24, 2.45) is 0 Å². The molecule has 0 unspecified atom stereocenters. The van der Waals surface area contributed by atoms with Gasteiger partial charge in [0.1, 0.15) is 5.82 Å². The zero-order valence-electron chi connectivity index (χ0n) is 12.8. The molecule has 0 N–H and O–H groups in total. The lowest BCUT2D eigenvalue weighted by Gasteiger charge is -2.34. The van der Waals surface area contributed by atoms with Gasteiger partial charge in [-0.15, -0.1) is 0 Å². The van der Waals surface area contributed by atoms with Crippen molar-refractivity contribution < 1.29 is 9.13 Å². The fourth-order valence-corrected chi connectivity index (χ4v) is 2.92. The van der Waals surface area contributed by atoms with E-state index in [0.29, 0.717) is 6.61 Å². The van der Waals surface area contributed by atoms with Crippen LogP contribution < -0.4 is 4.90 Å². The topological polar surface area (TPSA) is 25.4 Å². The Balaban J connectivity index is 1.52. The summed E-state index contributed by atoms with van der Waals surface area (Å²) in [5.41, 5.74) is 3.09. The van der Waals surface area contributed by atoms with E-state index in [-0.39, 0.29) is 11.9 Å². The van der Waals surface area contributed by atoms with Crippen molar-refractivity contribution in [3.05, 3.63) is 59.7 Å². The molecule has 2 aromatic rings. The minimum atomic E-state index is -0.171. The molecular weight excluding hydrogens is 279 g/mol. The summed E-state index contributed by atoms with van der Waals surface area (Å²) in [5, 5.41) is 0. The quantitative estimate of drug-likeness (QED) is 0.860. The van der Waals surface area contributed by atoms with Crippen LogP contribution in [0.2, 0.25) is 0 Å². The number of rotatable bonds is 4. The van der Waals surface area contributed by atoms with E-state index in [0.717, 1.165) is 42.9 Å². The van der Waals surface area contributed by atoms with Gasteiger partial charge in [0.25, 0.3) is 0 Å². The molecule has 1 saturated heterocycles. The molecule has 0 spiro atoms. The van der Waals surface area contributed by atoms with Crippen LogP contribution in [0.1, 0.15) is 24.1 Å². The summed E-state index contributed by atoms with van der Waals surface area (Å²) in [4.78, 5) is 6.59. The first-order valence-electron chi connectivity index (χ1n) is 7.75. The Labute approximate surface area is 130 Å². The second-order valence-electron chi connectivity index (χ2n) is 5.75. The summed E-state index contributed by atoms with van der Waals surface area (Å²) in [6.45, 7) is 4.42. The Morgan fingerprint density at radius 3 is 2.73 bits per heavy atom. The fourth-order valence-electron chi connectivity index (χ4n) is 2.92. The van der Waals surface area contributed by atoms with E-state index in [9.17, 15) is 4.39 Å². The molecule has 3 nitrogen and oxygen atoms in total. The lowest BCUT2D eigenvalue weighted by molar-refractivity contribution is 0.0234. The molecule has 0 saturated carbocycles. The third kappa shape index (κ3) is 3.63. The maximum absolute atomic E-state index is 13.2. The number of nitrogens with zero attached hydrogens (tertiary/aromatic N) is 2. The highest BCUT2D eigenvalue weighted by atomic mass is 19.1. The van der Waals surface area contributed by atoms with Gasteiger partial charge in [0.05, 0.1) is 18.4 Å². The van der Waals surface area contributed by atoms with E-state index < -0.39 is 0 Å². The van der Waals surface area contributed by atoms with Gasteiger partial charge in [-0.05, 0) is 55.7 Å². The highest BCUT2D eigenvalue weighted by Crippen LogP contribution is 2.25. The second-order valence-corrected chi connectivity index (χ2v) is 5.75. The van der Waals surface area contributed by atoms with Crippen LogP contribution in [0.4, 0.5) is 10.1 Å². The average molecular weight is 300 g/mol. The van der Waals surface area contributed by atoms with Gasteiger partial charge in [-0.2, -0.15) is 0 Å². The number of hydrogen-bond acceptors (Lipinski definition) is 3. The van der Waals surface area contributed by atoms with Crippen molar-refractivity contribution in [3.8, 4) is 0 Å². The first-order valence-corrected chi connectivity index (χ1v) is 7.75. The Bertz CT molecular complexity index is 610. The Morgan fingerprint density at radius 2 is 2.05 bits per heavy atom. The van der Waals surface area contributed by atoms with E-state index in [2.05, 4.69) is 9.88 Å². The molecule has 1 aliphatic rings. The molecule has 116 valence electrons. The highest BCUT2D eigenvalue weighted by Gasteiger charge is 2.21. The Hall–Kier alpha value is -1.94. The standard InChI is InChI=1S/C18H21FN2O/c1-14-12-15(19)5-6-18(14)21-10-7-17(8-11-21)22-13-16-4-2-3-9-20-16/h2-6,9,12,17H,7-8,10-11,13H2,1H3. The van der Waals surface area contributed by atoms with Gasteiger partial charge in [0, 0.05) is 25.0 Å². The van der Waals surface area contributed by atoms with Crippen molar-refractivity contribution in [2.75, 3.05) is 18.0 Å². The van der Waals surface area contributed by atoms with Gasteiger partial charge >= 0.3 is 0 Å². The third-order valence-corrected chi connectivity index (χ3v) is 4.13. The highest BCUT2D eigenvalue weighted by molar-refractivity contribution is 5.53. The van der Waals surface area contributed by atoms with E-state index in [1.807, 2.05) is 31.2 Å². The maximum Gasteiger partial charge on any atom is 0.123 e. The van der Waals surface area contributed by atoms with Crippen LogP contribution in [-0.4, -0.2) is 24.2 Å². The van der Waals surface area contributed by atoms with Crippen LogP contribution in [-0.2, 0) is 11.3 Å². The molecule has 0 amide bonds. The molecule has 0 aliphatic carbocycles. The number of halogens is 1. The average Bonchev–Trinajstić information content (AvgIpc) is 2.55. The summed E-state index contributed by atoms with van der Waals surface area (Å²) < 4.78 is 19.1. The normalized spacial score (nSPS) is 16.0. The number of aryl methyl sites for hydroxylation is 1. The lowest BCUT2D eigenvalue weighted by atomic mass is 10.1. The van der Waals surface area contributed by atoms with Crippen LogP contribution in [0.25, 0.3) is 0 Å².